The minimum atomic E-state index is -0.143. The molecule has 3 rings (SSSR count). The van der Waals surface area contributed by atoms with Crippen LogP contribution in [0.5, 0.6) is 0 Å². The highest BCUT2D eigenvalue weighted by molar-refractivity contribution is 5.10. The lowest BCUT2D eigenvalue weighted by molar-refractivity contribution is 0.461. The molecule has 5 nitrogen and oxygen atoms in total. The van der Waals surface area contributed by atoms with Gasteiger partial charge in [-0.25, -0.2) is 0 Å². The molecule has 5 heteroatoms. The van der Waals surface area contributed by atoms with E-state index in [9.17, 15) is 0 Å². The van der Waals surface area contributed by atoms with Crippen molar-refractivity contribution in [2.24, 2.45) is 5.73 Å². The standard InChI is InChI=1S/C15H21N5/c1-11-9-18-15(10-17-11)14(16)8-12-6-7-20(19-12)13-4-2-3-5-13/h6-7,9-10,13-14H,2-5,8,16H2,1H3. The third kappa shape index (κ3) is 2.88. The second kappa shape index (κ2) is 5.71. The monoisotopic (exact) mass is 271 g/mol. The van der Waals surface area contributed by atoms with Crippen LogP contribution in [-0.4, -0.2) is 19.7 Å². The Kier molecular flexibility index (Phi) is 3.78. The number of nitrogens with two attached hydrogens (primary N) is 1. The maximum absolute atomic E-state index is 6.19. The highest BCUT2D eigenvalue weighted by atomic mass is 15.3. The van der Waals surface area contributed by atoms with Gasteiger partial charge in [0.05, 0.1) is 35.4 Å². The fourth-order valence-electron chi connectivity index (χ4n) is 2.78. The van der Waals surface area contributed by atoms with Crippen LogP contribution in [0, 0.1) is 6.92 Å². The molecule has 0 aliphatic heterocycles. The summed E-state index contributed by atoms with van der Waals surface area (Å²) in [6, 6.07) is 2.51. The zero-order valence-electron chi connectivity index (χ0n) is 11.9. The van der Waals surface area contributed by atoms with Gasteiger partial charge in [-0.05, 0) is 25.8 Å². The van der Waals surface area contributed by atoms with Crippen LogP contribution in [0.1, 0.15) is 54.8 Å². The number of rotatable bonds is 4. The van der Waals surface area contributed by atoms with E-state index in [4.69, 9.17) is 5.73 Å². The second-order valence-electron chi connectivity index (χ2n) is 5.62. The first-order chi connectivity index (χ1) is 9.72. The molecule has 2 N–H and O–H groups in total. The van der Waals surface area contributed by atoms with Crippen LogP contribution in [0.4, 0.5) is 0 Å². The van der Waals surface area contributed by atoms with Gasteiger partial charge < -0.3 is 5.73 Å². The zero-order valence-corrected chi connectivity index (χ0v) is 11.9. The lowest BCUT2D eigenvalue weighted by Crippen LogP contribution is -2.16. The van der Waals surface area contributed by atoms with Crippen molar-refractivity contribution in [3.8, 4) is 0 Å². The average Bonchev–Trinajstić information content (AvgIpc) is 3.09. The highest BCUT2D eigenvalue weighted by Crippen LogP contribution is 2.28. The maximum atomic E-state index is 6.19. The smallest absolute Gasteiger partial charge is 0.0758 e. The Morgan fingerprint density at radius 3 is 2.80 bits per heavy atom. The SMILES string of the molecule is Cc1cnc(C(N)Cc2ccn(C3CCCC3)n2)cn1. The summed E-state index contributed by atoms with van der Waals surface area (Å²) in [5.41, 5.74) is 8.96. The minimum Gasteiger partial charge on any atom is -0.322 e. The van der Waals surface area contributed by atoms with E-state index in [1.165, 1.54) is 25.7 Å². The molecule has 0 spiro atoms. The second-order valence-corrected chi connectivity index (χ2v) is 5.62. The van der Waals surface area contributed by atoms with Crippen molar-refractivity contribution in [2.75, 3.05) is 0 Å². The van der Waals surface area contributed by atoms with Crippen molar-refractivity contribution in [1.82, 2.24) is 19.7 Å². The van der Waals surface area contributed by atoms with Gasteiger partial charge in [0.1, 0.15) is 0 Å². The van der Waals surface area contributed by atoms with Crippen molar-refractivity contribution < 1.29 is 0 Å². The summed E-state index contributed by atoms with van der Waals surface area (Å²) in [7, 11) is 0. The predicted octanol–water partition coefficient (Wildman–Crippen LogP) is 2.34. The van der Waals surface area contributed by atoms with Gasteiger partial charge in [0, 0.05) is 18.8 Å². The Bertz CT molecular complexity index is 554. The molecule has 1 unspecified atom stereocenters. The van der Waals surface area contributed by atoms with E-state index < -0.39 is 0 Å². The Labute approximate surface area is 119 Å². The van der Waals surface area contributed by atoms with Crippen LogP contribution in [0.15, 0.2) is 24.7 Å². The van der Waals surface area contributed by atoms with Gasteiger partial charge in [0.25, 0.3) is 0 Å². The molecule has 106 valence electrons. The Hall–Kier alpha value is -1.75. The quantitative estimate of drug-likeness (QED) is 0.926. The van der Waals surface area contributed by atoms with Gasteiger partial charge in [-0.2, -0.15) is 5.10 Å². The molecule has 0 saturated heterocycles. The molecule has 1 saturated carbocycles. The summed E-state index contributed by atoms with van der Waals surface area (Å²) in [6.45, 7) is 1.92. The molecular formula is C15H21N5. The minimum absolute atomic E-state index is 0.143. The first-order valence-corrected chi connectivity index (χ1v) is 7.30. The van der Waals surface area contributed by atoms with E-state index in [0.717, 1.165) is 17.1 Å². The predicted molar refractivity (Wildman–Crippen MR) is 77.1 cm³/mol. The van der Waals surface area contributed by atoms with Gasteiger partial charge in [-0.15, -0.1) is 0 Å². The van der Waals surface area contributed by atoms with E-state index in [2.05, 4.69) is 32.0 Å². The molecule has 2 heterocycles. The van der Waals surface area contributed by atoms with Crippen molar-refractivity contribution in [3.63, 3.8) is 0 Å². The maximum Gasteiger partial charge on any atom is 0.0758 e. The Morgan fingerprint density at radius 2 is 2.10 bits per heavy atom. The fourth-order valence-corrected chi connectivity index (χ4v) is 2.78. The molecule has 0 bridgehead atoms. The lowest BCUT2D eigenvalue weighted by Gasteiger charge is -2.10. The summed E-state index contributed by atoms with van der Waals surface area (Å²) in [5, 5.41) is 4.66. The van der Waals surface area contributed by atoms with Gasteiger partial charge >= 0.3 is 0 Å². The van der Waals surface area contributed by atoms with Gasteiger partial charge in [-0.3, -0.25) is 14.6 Å². The van der Waals surface area contributed by atoms with E-state index in [0.29, 0.717) is 12.5 Å². The largest absolute Gasteiger partial charge is 0.322 e. The molecule has 2 aromatic heterocycles. The van der Waals surface area contributed by atoms with Crippen LogP contribution < -0.4 is 5.73 Å². The van der Waals surface area contributed by atoms with Crippen molar-refractivity contribution in [1.29, 1.82) is 0 Å². The summed E-state index contributed by atoms with van der Waals surface area (Å²) in [4.78, 5) is 8.58. The molecule has 1 aliphatic rings. The van der Waals surface area contributed by atoms with Crippen molar-refractivity contribution in [3.05, 3.63) is 41.7 Å². The van der Waals surface area contributed by atoms with Crippen LogP contribution in [0.3, 0.4) is 0 Å². The molecule has 20 heavy (non-hydrogen) atoms. The topological polar surface area (TPSA) is 69.6 Å². The molecule has 0 aromatic carbocycles. The van der Waals surface area contributed by atoms with E-state index in [-0.39, 0.29) is 6.04 Å². The molecule has 1 atom stereocenters. The normalized spacial score (nSPS) is 17.5. The van der Waals surface area contributed by atoms with Gasteiger partial charge in [0.15, 0.2) is 0 Å². The number of aryl methyl sites for hydroxylation is 1. The van der Waals surface area contributed by atoms with Crippen LogP contribution in [0.2, 0.25) is 0 Å². The van der Waals surface area contributed by atoms with Crippen LogP contribution >= 0.6 is 0 Å². The summed E-state index contributed by atoms with van der Waals surface area (Å²) < 4.78 is 2.11. The first kappa shape index (κ1) is 13.2. The van der Waals surface area contributed by atoms with Crippen molar-refractivity contribution >= 4 is 0 Å². The first-order valence-electron chi connectivity index (χ1n) is 7.30. The zero-order chi connectivity index (χ0) is 13.9. The van der Waals surface area contributed by atoms with Gasteiger partial charge in [0.2, 0.25) is 0 Å². The number of hydrogen-bond acceptors (Lipinski definition) is 4. The Balaban J connectivity index is 1.66. The Morgan fingerprint density at radius 1 is 1.30 bits per heavy atom. The van der Waals surface area contributed by atoms with Gasteiger partial charge in [-0.1, -0.05) is 12.8 Å². The third-order valence-corrected chi connectivity index (χ3v) is 3.97. The molecule has 0 radical (unpaired) electrons. The highest BCUT2D eigenvalue weighted by Gasteiger charge is 2.18. The molecule has 1 fully saturated rings. The number of hydrogen-bond donors (Lipinski definition) is 1. The number of aromatic nitrogens is 4. The van der Waals surface area contributed by atoms with Crippen LogP contribution in [0.25, 0.3) is 0 Å². The fraction of sp³-hybridized carbons (Fsp3) is 0.533. The van der Waals surface area contributed by atoms with Crippen LogP contribution in [-0.2, 0) is 6.42 Å². The molecule has 2 aromatic rings. The molecular weight excluding hydrogens is 250 g/mol. The van der Waals surface area contributed by atoms with E-state index in [1.54, 1.807) is 12.4 Å². The summed E-state index contributed by atoms with van der Waals surface area (Å²) in [5.74, 6) is 0. The van der Waals surface area contributed by atoms with Crippen molar-refractivity contribution in [2.45, 2.75) is 51.1 Å². The van der Waals surface area contributed by atoms with E-state index >= 15 is 0 Å². The van der Waals surface area contributed by atoms with E-state index in [1.807, 2.05) is 6.92 Å². The third-order valence-electron chi connectivity index (χ3n) is 3.97. The molecule has 0 amide bonds. The number of nitrogens with zero attached hydrogens (tertiary/aromatic N) is 4. The lowest BCUT2D eigenvalue weighted by atomic mass is 10.1. The average molecular weight is 271 g/mol. The molecule has 1 aliphatic carbocycles. The summed E-state index contributed by atoms with van der Waals surface area (Å²) >= 11 is 0. The summed E-state index contributed by atoms with van der Waals surface area (Å²) in [6.07, 6.45) is 11.4.